The quantitative estimate of drug-likeness (QED) is 0.795. The monoisotopic (exact) mass is 315 g/mol. The molecule has 0 saturated heterocycles. The molecule has 5 nitrogen and oxygen atoms in total. The first-order chi connectivity index (χ1) is 9.69. The SMILES string of the molecule is CCc1cc2c(N(CCO)CCOC)nc(Cl)nc2s1. The Morgan fingerprint density at radius 1 is 1.40 bits per heavy atom. The molecule has 0 aromatic carbocycles. The Bertz CT molecular complexity index is 576. The van der Waals surface area contributed by atoms with Crippen LogP contribution < -0.4 is 4.90 Å². The number of ether oxygens (including phenoxy) is 1. The van der Waals surface area contributed by atoms with E-state index in [1.54, 1.807) is 18.4 Å². The number of aliphatic hydroxyl groups is 1. The lowest BCUT2D eigenvalue weighted by Crippen LogP contribution is -2.31. The van der Waals surface area contributed by atoms with Gasteiger partial charge >= 0.3 is 0 Å². The molecule has 0 fully saturated rings. The molecule has 2 rings (SSSR count). The summed E-state index contributed by atoms with van der Waals surface area (Å²) in [5.41, 5.74) is 0. The number of thiophene rings is 1. The first-order valence-corrected chi connectivity index (χ1v) is 7.69. The van der Waals surface area contributed by atoms with Gasteiger partial charge in [-0.25, -0.2) is 4.98 Å². The highest BCUT2D eigenvalue weighted by atomic mass is 35.5. The third kappa shape index (κ3) is 3.38. The fourth-order valence-corrected chi connectivity index (χ4v) is 3.17. The number of rotatable bonds is 7. The molecule has 7 heteroatoms. The van der Waals surface area contributed by atoms with Crippen LogP contribution in [0.15, 0.2) is 6.07 Å². The van der Waals surface area contributed by atoms with E-state index in [2.05, 4.69) is 23.0 Å². The Hall–Kier alpha value is -0.950. The van der Waals surface area contributed by atoms with Crippen molar-refractivity contribution in [2.24, 2.45) is 0 Å². The van der Waals surface area contributed by atoms with E-state index in [4.69, 9.17) is 16.3 Å². The summed E-state index contributed by atoms with van der Waals surface area (Å²) in [6.45, 7) is 3.86. The van der Waals surface area contributed by atoms with Crippen molar-refractivity contribution < 1.29 is 9.84 Å². The molecule has 2 aromatic rings. The predicted octanol–water partition coefficient (Wildman–Crippen LogP) is 2.35. The predicted molar refractivity (Wildman–Crippen MR) is 83.0 cm³/mol. The Kier molecular flexibility index (Phi) is 5.54. The van der Waals surface area contributed by atoms with Gasteiger partial charge in [0.15, 0.2) is 0 Å². The molecular weight excluding hydrogens is 298 g/mol. The largest absolute Gasteiger partial charge is 0.395 e. The van der Waals surface area contributed by atoms with Crippen molar-refractivity contribution >= 4 is 39.0 Å². The number of halogens is 1. The van der Waals surface area contributed by atoms with E-state index < -0.39 is 0 Å². The number of anilines is 1. The van der Waals surface area contributed by atoms with Gasteiger partial charge in [0.1, 0.15) is 10.6 Å². The highest BCUT2D eigenvalue weighted by Crippen LogP contribution is 2.32. The second-order valence-corrected chi connectivity index (χ2v) is 5.76. The Balaban J connectivity index is 2.45. The summed E-state index contributed by atoms with van der Waals surface area (Å²) in [5.74, 6) is 0.766. The summed E-state index contributed by atoms with van der Waals surface area (Å²) in [6.07, 6.45) is 0.955. The standard InChI is InChI=1S/C13H18ClN3O2S/c1-3-9-8-10-11(15-13(14)16-12(10)20-9)17(4-6-18)5-7-19-2/h8,18H,3-7H2,1-2H3. The van der Waals surface area contributed by atoms with Crippen LogP contribution in [0.25, 0.3) is 10.2 Å². The molecular formula is C13H18ClN3O2S. The first kappa shape index (κ1) is 15.4. The lowest BCUT2D eigenvalue weighted by Gasteiger charge is -2.23. The molecule has 0 saturated carbocycles. The maximum atomic E-state index is 9.23. The number of aryl methyl sites for hydroxylation is 1. The number of methoxy groups -OCH3 is 1. The molecule has 2 heterocycles. The number of nitrogens with zero attached hydrogens (tertiary/aromatic N) is 3. The summed E-state index contributed by atoms with van der Waals surface area (Å²) in [7, 11) is 1.65. The number of hydrogen-bond acceptors (Lipinski definition) is 6. The normalized spacial score (nSPS) is 11.2. The van der Waals surface area contributed by atoms with E-state index in [1.807, 2.05) is 4.90 Å². The van der Waals surface area contributed by atoms with Gasteiger partial charge in [-0.1, -0.05) is 6.92 Å². The number of fused-ring (bicyclic) bond motifs is 1. The minimum atomic E-state index is 0.0532. The van der Waals surface area contributed by atoms with E-state index in [1.165, 1.54) is 4.88 Å². The van der Waals surface area contributed by atoms with E-state index in [-0.39, 0.29) is 11.9 Å². The van der Waals surface area contributed by atoms with Crippen LogP contribution in [0.5, 0.6) is 0 Å². The number of aliphatic hydroxyl groups excluding tert-OH is 1. The average molecular weight is 316 g/mol. The highest BCUT2D eigenvalue weighted by Gasteiger charge is 2.16. The van der Waals surface area contributed by atoms with Crippen molar-refractivity contribution in [3.8, 4) is 0 Å². The fourth-order valence-electron chi connectivity index (χ4n) is 1.99. The van der Waals surface area contributed by atoms with Crippen molar-refractivity contribution in [2.45, 2.75) is 13.3 Å². The van der Waals surface area contributed by atoms with Gasteiger partial charge in [-0.3, -0.25) is 0 Å². The third-order valence-electron chi connectivity index (χ3n) is 2.98. The molecule has 0 radical (unpaired) electrons. The molecule has 2 aromatic heterocycles. The number of aromatic nitrogens is 2. The minimum Gasteiger partial charge on any atom is -0.395 e. The van der Waals surface area contributed by atoms with E-state index in [0.717, 1.165) is 22.5 Å². The van der Waals surface area contributed by atoms with Crippen LogP contribution in [0.1, 0.15) is 11.8 Å². The summed E-state index contributed by atoms with van der Waals surface area (Å²) >= 11 is 7.65. The van der Waals surface area contributed by atoms with Crippen LogP contribution in [-0.2, 0) is 11.2 Å². The van der Waals surface area contributed by atoms with Crippen molar-refractivity contribution in [1.82, 2.24) is 9.97 Å². The molecule has 0 bridgehead atoms. The molecule has 20 heavy (non-hydrogen) atoms. The van der Waals surface area contributed by atoms with Gasteiger partial charge in [0.05, 0.1) is 18.6 Å². The van der Waals surface area contributed by atoms with Crippen LogP contribution in [0.3, 0.4) is 0 Å². The maximum Gasteiger partial charge on any atom is 0.225 e. The van der Waals surface area contributed by atoms with Gasteiger partial charge in [-0.05, 0) is 24.1 Å². The van der Waals surface area contributed by atoms with Crippen LogP contribution in [0.4, 0.5) is 5.82 Å². The zero-order valence-corrected chi connectivity index (χ0v) is 13.2. The Morgan fingerprint density at radius 2 is 2.20 bits per heavy atom. The van der Waals surface area contributed by atoms with Gasteiger partial charge in [-0.2, -0.15) is 4.98 Å². The lowest BCUT2D eigenvalue weighted by atomic mass is 10.3. The molecule has 1 N–H and O–H groups in total. The molecule has 0 unspecified atom stereocenters. The van der Waals surface area contributed by atoms with Crippen LogP contribution >= 0.6 is 22.9 Å². The second kappa shape index (κ2) is 7.17. The average Bonchev–Trinajstić information content (AvgIpc) is 2.85. The molecule has 0 aliphatic rings. The van der Waals surface area contributed by atoms with E-state index in [9.17, 15) is 5.11 Å². The van der Waals surface area contributed by atoms with Crippen LogP contribution in [0, 0.1) is 0 Å². The van der Waals surface area contributed by atoms with Gasteiger partial charge in [0.2, 0.25) is 5.28 Å². The molecule has 0 aliphatic heterocycles. The molecule has 110 valence electrons. The van der Waals surface area contributed by atoms with E-state index in [0.29, 0.717) is 19.7 Å². The zero-order valence-electron chi connectivity index (χ0n) is 11.6. The van der Waals surface area contributed by atoms with Gasteiger partial charge in [0, 0.05) is 25.1 Å². The minimum absolute atomic E-state index is 0.0532. The smallest absolute Gasteiger partial charge is 0.225 e. The molecule has 0 amide bonds. The lowest BCUT2D eigenvalue weighted by molar-refractivity contribution is 0.202. The van der Waals surface area contributed by atoms with Crippen LogP contribution in [0.2, 0.25) is 5.28 Å². The van der Waals surface area contributed by atoms with Crippen molar-refractivity contribution in [3.05, 3.63) is 16.2 Å². The molecule has 0 atom stereocenters. The number of hydrogen-bond donors (Lipinski definition) is 1. The summed E-state index contributed by atoms with van der Waals surface area (Å²) in [5, 5.41) is 10.5. The Labute approximate surface area is 127 Å². The van der Waals surface area contributed by atoms with E-state index >= 15 is 0 Å². The maximum absolute atomic E-state index is 9.23. The van der Waals surface area contributed by atoms with Gasteiger partial charge in [0.25, 0.3) is 0 Å². The van der Waals surface area contributed by atoms with Crippen LogP contribution in [-0.4, -0.2) is 48.5 Å². The van der Waals surface area contributed by atoms with Crippen molar-refractivity contribution in [1.29, 1.82) is 0 Å². The van der Waals surface area contributed by atoms with Gasteiger partial charge < -0.3 is 14.7 Å². The van der Waals surface area contributed by atoms with Crippen molar-refractivity contribution in [3.63, 3.8) is 0 Å². The summed E-state index contributed by atoms with van der Waals surface area (Å²) < 4.78 is 5.11. The topological polar surface area (TPSA) is 58.5 Å². The first-order valence-electron chi connectivity index (χ1n) is 6.50. The molecule has 0 spiro atoms. The third-order valence-corrected chi connectivity index (χ3v) is 4.32. The summed E-state index contributed by atoms with van der Waals surface area (Å²) in [4.78, 5) is 12.7. The highest BCUT2D eigenvalue weighted by molar-refractivity contribution is 7.18. The zero-order chi connectivity index (χ0) is 14.5. The molecule has 0 aliphatic carbocycles. The Morgan fingerprint density at radius 3 is 2.85 bits per heavy atom. The summed E-state index contributed by atoms with van der Waals surface area (Å²) in [6, 6.07) is 2.10. The fraction of sp³-hybridized carbons (Fsp3) is 0.538. The second-order valence-electron chi connectivity index (χ2n) is 4.30. The van der Waals surface area contributed by atoms with Crippen molar-refractivity contribution in [2.75, 3.05) is 38.3 Å². The van der Waals surface area contributed by atoms with Gasteiger partial charge in [-0.15, -0.1) is 11.3 Å².